The average molecular weight is 408 g/mol. The summed E-state index contributed by atoms with van der Waals surface area (Å²) >= 11 is 1.66. The fourth-order valence-electron chi connectivity index (χ4n) is 4.21. The van der Waals surface area contributed by atoms with Crippen molar-refractivity contribution in [2.75, 3.05) is 26.3 Å². The lowest BCUT2D eigenvalue weighted by Gasteiger charge is -2.38. The Morgan fingerprint density at radius 1 is 1.29 bits per heavy atom. The van der Waals surface area contributed by atoms with Crippen LogP contribution in [0.4, 0.5) is 0 Å². The molecule has 1 fully saturated rings. The normalized spacial score (nSPS) is 26.1. The van der Waals surface area contributed by atoms with Crippen LogP contribution in [0.25, 0.3) is 0 Å². The van der Waals surface area contributed by atoms with E-state index < -0.39 is 6.29 Å². The number of thiophene rings is 1. The topological polar surface area (TPSA) is 59.0 Å². The second-order valence-corrected chi connectivity index (χ2v) is 8.42. The third kappa shape index (κ3) is 5.37. The van der Waals surface area contributed by atoms with Crippen LogP contribution in [-0.4, -0.2) is 48.5 Å². The molecule has 1 aromatic heterocycles. The van der Waals surface area contributed by atoms with Crippen molar-refractivity contribution in [1.82, 2.24) is 4.90 Å². The van der Waals surface area contributed by atoms with Gasteiger partial charge in [0.15, 0.2) is 5.76 Å². The van der Waals surface area contributed by atoms with Crippen molar-refractivity contribution in [1.29, 1.82) is 0 Å². The quantitative estimate of drug-likeness (QED) is 0.732. The van der Waals surface area contributed by atoms with Crippen LogP contribution < -0.4 is 0 Å². The fraction of sp³-hybridized carbons (Fsp3) is 0.682. The highest BCUT2D eigenvalue weighted by atomic mass is 32.1. The van der Waals surface area contributed by atoms with Crippen LogP contribution >= 0.6 is 11.3 Å². The molecule has 2 aliphatic rings. The molecular weight excluding hydrogens is 374 g/mol. The molecule has 1 saturated heterocycles. The van der Waals surface area contributed by atoms with Gasteiger partial charge in [-0.05, 0) is 61.1 Å². The lowest BCUT2D eigenvalue weighted by atomic mass is 9.81. The highest BCUT2D eigenvalue weighted by Crippen LogP contribution is 2.40. The number of hydrogen-bond acceptors (Lipinski definition) is 5. The van der Waals surface area contributed by atoms with Gasteiger partial charge in [0.1, 0.15) is 0 Å². The number of rotatable bonds is 7. The molecule has 3 atom stereocenters. The maximum atomic E-state index is 13.2. The molecule has 1 amide bonds. The van der Waals surface area contributed by atoms with Crippen molar-refractivity contribution >= 4 is 17.2 Å². The number of hydrogen-bond donors (Lipinski definition) is 1. The highest BCUT2D eigenvalue weighted by molar-refractivity contribution is 7.08. The summed E-state index contributed by atoms with van der Waals surface area (Å²) in [5.41, 5.74) is 1.19. The van der Waals surface area contributed by atoms with Gasteiger partial charge in [0.25, 0.3) is 5.91 Å². The number of carbonyl (C=O) groups is 1. The molecule has 0 spiro atoms. The average Bonchev–Trinajstić information content (AvgIpc) is 3.20. The molecule has 6 heteroatoms. The molecule has 28 heavy (non-hydrogen) atoms. The number of likely N-dealkylation sites (tertiary alicyclic amines) is 1. The number of carbonyl (C=O) groups excluding carboxylic acids is 1. The van der Waals surface area contributed by atoms with Crippen molar-refractivity contribution in [3.8, 4) is 0 Å². The molecule has 1 aromatic rings. The lowest BCUT2D eigenvalue weighted by molar-refractivity contribution is -0.170. The van der Waals surface area contributed by atoms with Crippen LogP contribution in [0.5, 0.6) is 0 Å². The Labute approximate surface area is 172 Å². The monoisotopic (exact) mass is 407 g/mol. The molecule has 0 aromatic carbocycles. The summed E-state index contributed by atoms with van der Waals surface area (Å²) in [5, 5.41) is 13.5. The predicted octanol–water partition coefficient (Wildman–Crippen LogP) is 4.29. The van der Waals surface area contributed by atoms with Gasteiger partial charge < -0.3 is 19.5 Å². The molecule has 0 bridgehead atoms. The van der Waals surface area contributed by atoms with Gasteiger partial charge in [0.05, 0.1) is 0 Å². The fourth-order valence-corrected chi connectivity index (χ4v) is 4.92. The Bertz CT molecular complexity index is 622. The van der Waals surface area contributed by atoms with Crippen LogP contribution in [-0.2, 0) is 14.3 Å². The number of aliphatic hydroxyl groups excluding tert-OH is 1. The van der Waals surface area contributed by atoms with E-state index in [2.05, 4.69) is 16.8 Å². The van der Waals surface area contributed by atoms with Crippen molar-refractivity contribution in [2.24, 2.45) is 5.92 Å². The zero-order valence-corrected chi connectivity index (χ0v) is 17.7. The molecule has 2 aliphatic heterocycles. The van der Waals surface area contributed by atoms with Crippen LogP contribution in [0.15, 0.2) is 28.7 Å². The largest absolute Gasteiger partial charge is 0.459 e. The number of amides is 1. The third-order valence-corrected chi connectivity index (χ3v) is 6.40. The standard InChI is InChI=1S/C22H33NO4S/c1-2-26-22-18(9-8-13-24)19(17-10-14-28-16-17)15-20(27-22)21(25)23-11-6-4-3-5-7-12-23/h10,14-16,18-19,22,24H,2-9,11-13H2,1H3/t18-,19+,22+/m1/s1. The van der Waals surface area contributed by atoms with Gasteiger partial charge >= 0.3 is 0 Å². The van der Waals surface area contributed by atoms with Crippen LogP contribution in [0.2, 0.25) is 0 Å². The second kappa shape index (κ2) is 11.0. The minimum absolute atomic E-state index is 0.00700. The first kappa shape index (κ1) is 21.3. The Morgan fingerprint density at radius 2 is 2.04 bits per heavy atom. The molecule has 156 valence electrons. The second-order valence-electron chi connectivity index (χ2n) is 7.64. The molecule has 0 radical (unpaired) electrons. The first-order valence-electron chi connectivity index (χ1n) is 10.7. The zero-order chi connectivity index (χ0) is 19.8. The molecule has 0 aliphatic carbocycles. The van der Waals surface area contributed by atoms with Gasteiger partial charge in [-0.1, -0.05) is 19.3 Å². The van der Waals surface area contributed by atoms with Gasteiger partial charge in [0, 0.05) is 38.1 Å². The summed E-state index contributed by atoms with van der Waals surface area (Å²) in [6, 6.07) is 2.12. The van der Waals surface area contributed by atoms with Gasteiger partial charge in [-0.15, -0.1) is 0 Å². The summed E-state index contributed by atoms with van der Waals surface area (Å²) in [4.78, 5) is 15.2. The molecule has 3 heterocycles. The van der Waals surface area contributed by atoms with E-state index in [1.54, 1.807) is 11.3 Å². The van der Waals surface area contributed by atoms with E-state index in [1.807, 2.05) is 17.9 Å². The molecule has 5 nitrogen and oxygen atoms in total. The van der Waals surface area contributed by atoms with E-state index in [0.29, 0.717) is 18.8 Å². The number of allylic oxidation sites excluding steroid dienone is 1. The van der Waals surface area contributed by atoms with E-state index in [9.17, 15) is 9.90 Å². The molecule has 0 saturated carbocycles. The van der Waals surface area contributed by atoms with Crippen molar-refractivity contribution in [2.45, 2.75) is 64.1 Å². The summed E-state index contributed by atoms with van der Waals surface area (Å²) in [6.45, 7) is 4.23. The Kier molecular flexibility index (Phi) is 8.37. The maximum absolute atomic E-state index is 13.2. The van der Waals surface area contributed by atoms with E-state index in [-0.39, 0.29) is 24.3 Å². The zero-order valence-electron chi connectivity index (χ0n) is 16.8. The van der Waals surface area contributed by atoms with Gasteiger partial charge in [-0.25, -0.2) is 0 Å². The smallest absolute Gasteiger partial charge is 0.288 e. The van der Waals surface area contributed by atoms with Crippen LogP contribution in [0.3, 0.4) is 0 Å². The predicted molar refractivity (Wildman–Crippen MR) is 111 cm³/mol. The Hall–Kier alpha value is -1.37. The molecular formula is C22H33NO4S. The van der Waals surface area contributed by atoms with Crippen LogP contribution in [0, 0.1) is 5.92 Å². The number of nitrogens with zero attached hydrogens (tertiary/aromatic N) is 1. The Balaban J connectivity index is 1.85. The first-order valence-corrected chi connectivity index (χ1v) is 11.6. The van der Waals surface area contributed by atoms with Crippen LogP contribution in [0.1, 0.15) is 63.4 Å². The minimum atomic E-state index is -0.458. The van der Waals surface area contributed by atoms with Gasteiger partial charge in [0.2, 0.25) is 6.29 Å². The van der Waals surface area contributed by atoms with Crippen molar-refractivity contribution < 1.29 is 19.4 Å². The third-order valence-electron chi connectivity index (χ3n) is 5.69. The van der Waals surface area contributed by atoms with Crippen molar-refractivity contribution in [3.63, 3.8) is 0 Å². The number of ether oxygens (including phenoxy) is 2. The van der Waals surface area contributed by atoms with Crippen molar-refractivity contribution in [3.05, 3.63) is 34.2 Å². The summed E-state index contributed by atoms with van der Waals surface area (Å²) < 4.78 is 12.0. The lowest BCUT2D eigenvalue weighted by Crippen LogP contribution is -2.41. The first-order chi connectivity index (χ1) is 13.7. The van der Waals surface area contributed by atoms with E-state index >= 15 is 0 Å². The van der Waals surface area contributed by atoms with Gasteiger partial charge in [-0.2, -0.15) is 11.3 Å². The maximum Gasteiger partial charge on any atom is 0.288 e. The molecule has 1 N–H and O–H groups in total. The van der Waals surface area contributed by atoms with E-state index in [0.717, 1.165) is 32.4 Å². The van der Waals surface area contributed by atoms with E-state index in [1.165, 1.54) is 24.8 Å². The molecule has 0 unspecified atom stereocenters. The molecule has 3 rings (SSSR count). The minimum Gasteiger partial charge on any atom is -0.459 e. The highest BCUT2D eigenvalue weighted by Gasteiger charge is 2.38. The summed E-state index contributed by atoms with van der Waals surface area (Å²) in [6.07, 6.45) is 8.78. The summed E-state index contributed by atoms with van der Waals surface area (Å²) in [7, 11) is 0. The van der Waals surface area contributed by atoms with Gasteiger partial charge in [-0.3, -0.25) is 4.79 Å². The van der Waals surface area contributed by atoms with E-state index in [4.69, 9.17) is 9.47 Å². The number of aliphatic hydroxyl groups is 1. The SMILES string of the molecule is CCO[C@H]1OC(C(=O)N2CCCCCCC2)=C[C@@H](c2ccsc2)[C@H]1CCCO. The Morgan fingerprint density at radius 3 is 2.68 bits per heavy atom. The summed E-state index contributed by atoms with van der Waals surface area (Å²) in [5.74, 6) is 0.574.